The van der Waals surface area contributed by atoms with Crippen molar-refractivity contribution in [1.29, 1.82) is 0 Å². The Labute approximate surface area is 178 Å². The molecule has 5 rings (SSSR count). The third kappa shape index (κ3) is 3.65. The number of aromatic nitrogens is 3. The van der Waals surface area contributed by atoms with Crippen molar-refractivity contribution in [2.45, 2.75) is 4.90 Å². The van der Waals surface area contributed by atoms with Crippen molar-refractivity contribution in [2.75, 3.05) is 32.0 Å². The van der Waals surface area contributed by atoms with Gasteiger partial charge in [0.1, 0.15) is 11.3 Å². The van der Waals surface area contributed by atoms with E-state index in [9.17, 15) is 8.42 Å². The Morgan fingerprint density at radius 3 is 2.68 bits per heavy atom. The molecule has 0 aliphatic carbocycles. The molecule has 1 saturated heterocycles. The maximum absolute atomic E-state index is 13.0. The van der Waals surface area contributed by atoms with E-state index in [-0.39, 0.29) is 10.7 Å². The summed E-state index contributed by atoms with van der Waals surface area (Å²) in [4.78, 5) is 13.0. The Bertz CT molecular complexity index is 1330. The quantitative estimate of drug-likeness (QED) is 0.516. The highest BCUT2D eigenvalue weighted by Crippen LogP contribution is 2.32. The summed E-state index contributed by atoms with van der Waals surface area (Å²) >= 11 is 0. The standard InChI is InChI=1S/C21H19N5O4S/c22-20-17(21-25-18-13-23-5-4-19(18)30-21)11-15(12-24-20)14-2-1-3-16(10-14)31(27,28)26-6-8-29-9-7-26/h1-5,10-13H,6-9H2,(H2,22,24). The third-order valence-electron chi connectivity index (χ3n) is 5.11. The molecule has 4 heterocycles. The zero-order chi connectivity index (χ0) is 21.4. The Balaban J connectivity index is 1.54. The molecular formula is C21H19N5O4S. The first-order chi connectivity index (χ1) is 15.0. The normalized spacial score (nSPS) is 15.4. The van der Waals surface area contributed by atoms with Crippen LogP contribution in [0.2, 0.25) is 0 Å². The van der Waals surface area contributed by atoms with E-state index in [1.54, 1.807) is 48.9 Å². The number of benzene rings is 1. The molecule has 10 heteroatoms. The van der Waals surface area contributed by atoms with Crippen LogP contribution in [0.1, 0.15) is 0 Å². The summed E-state index contributed by atoms with van der Waals surface area (Å²) < 4.78 is 38.5. The van der Waals surface area contributed by atoms with Gasteiger partial charge >= 0.3 is 0 Å². The number of nitrogen functional groups attached to an aromatic ring is 1. The van der Waals surface area contributed by atoms with Crippen molar-refractivity contribution in [3.05, 3.63) is 55.0 Å². The van der Waals surface area contributed by atoms with E-state index in [0.29, 0.717) is 60.0 Å². The number of rotatable bonds is 4. The largest absolute Gasteiger partial charge is 0.436 e. The van der Waals surface area contributed by atoms with Crippen molar-refractivity contribution in [1.82, 2.24) is 19.3 Å². The molecule has 1 aromatic carbocycles. The van der Waals surface area contributed by atoms with Crippen molar-refractivity contribution in [2.24, 2.45) is 0 Å². The number of pyridine rings is 2. The summed E-state index contributed by atoms with van der Waals surface area (Å²) in [6.07, 6.45) is 4.83. The van der Waals surface area contributed by atoms with Crippen LogP contribution in [0, 0.1) is 0 Å². The maximum Gasteiger partial charge on any atom is 0.243 e. The number of nitrogens with zero attached hydrogens (tertiary/aromatic N) is 4. The summed E-state index contributed by atoms with van der Waals surface area (Å²) in [6.45, 7) is 1.47. The predicted molar refractivity (Wildman–Crippen MR) is 114 cm³/mol. The van der Waals surface area contributed by atoms with Gasteiger partial charge in [-0.1, -0.05) is 12.1 Å². The van der Waals surface area contributed by atoms with Crippen molar-refractivity contribution >= 4 is 26.9 Å². The lowest BCUT2D eigenvalue weighted by Gasteiger charge is -2.26. The smallest absolute Gasteiger partial charge is 0.243 e. The molecule has 0 saturated carbocycles. The van der Waals surface area contributed by atoms with Crippen LogP contribution in [0.4, 0.5) is 5.82 Å². The van der Waals surface area contributed by atoms with Gasteiger partial charge in [-0.05, 0) is 23.8 Å². The topological polar surface area (TPSA) is 124 Å². The molecule has 0 atom stereocenters. The molecule has 0 radical (unpaired) electrons. The van der Waals surface area contributed by atoms with Crippen molar-refractivity contribution in [3.63, 3.8) is 0 Å². The minimum Gasteiger partial charge on any atom is -0.436 e. The molecule has 3 aromatic heterocycles. The third-order valence-corrected chi connectivity index (χ3v) is 7.01. The summed E-state index contributed by atoms with van der Waals surface area (Å²) in [6, 6.07) is 10.3. The van der Waals surface area contributed by atoms with Crippen molar-refractivity contribution in [3.8, 4) is 22.6 Å². The SMILES string of the molecule is Nc1ncc(-c2cccc(S(=O)(=O)N3CCOCC3)c2)cc1-c1nc2cnccc2o1. The average Bonchev–Trinajstić information content (AvgIpc) is 3.24. The molecule has 158 valence electrons. The second kappa shape index (κ2) is 7.73. The molecule has 0 amide bonds. The fraction of sp³-hybridized carbons (Fsp3) is 0.190. The molecule has 2 N–H and O–H groups in total. The summed E-state index contributed by atoms with van der Waals surface area (Å²) in [5, 5.41) is 0. The Morgan fingerprint density at radius 2 is 1.87 bits per heavy atom. The fourth-order valence-electron chi connectivity index (χ4n) is 3.47. The van der Waals surface area contributed by atoms with Crippen LogP contribution in [0.25, 0.3) is 33.7 Å². The summed E-state index contributed by atoms with van der Waals surface area (Å²) in [7, 11) is -3.61. The monoisotopic (exact) mass is 437 g/mol. The van der Waals surface area contributed by atoms with Gasteiger partial charge in [-0.2, -0.15) is 4.31 Å². The van der Waals surface area contributed by atoms with Gasteiger partial charge in [0.15, 0.2) is 5.58 Å². The predicted octanol–water partition coefficient (Wildman–Crippen LogP) is 2.55. The second-order valence-electron chi connectivity index (χ2n) is 7.06. The lowest BCUT2D eigenvalue weighted by molar-refractivity contribution is 0.0730. The number of nitrogens with two attached hydrogens (primary N) is 1. The van der Waals surface area contributed by atoms with Gasteiger partial charge in [-0.25, -0.2) is 18.4 Å². The minimum absolute atomic E-state index is 0.221. The Hall–Kier alpha value is -3.34. The molecule has 31 heavy (non-hydrogen) atoms. The van der Waals surface area contributed by atoms with Crippen LogP contribution in [-0.4, -0.2) is 54.0 Å². The number of anilines is 1. The zero-order valence-corrected chi connectivity index (χ0v) is 17.2. The molecule has 0 bridgehead atoms. The average molecular weight is 437 g/mol. The lowest BCUT2D eigenvalue weighted by atomic mass is 10.1. The maximum atomic E-state index is 13.0. The number of fused-ring (bicyclic) bond motifs is 1. The lowest BCUT2D eigenvalue weighted by Crippen LogP contribution is -2.40. The highest BCUT2D eigenvalue weighted by Gasteiger charge is 2.26. The summed E-state index contributed by atoms with van der Waals surface area (Å²) in [5.74, 6) is 0.590. The van der Waals surface area contributed by atoms with Gasteiger partial charge in [0.2, 0.25) is 15.9 Å². The molecule has 1 aliphatic rings. The Morgan fingerprint density at radius 1 is 1.03 bits per heavy atom. The number of hydrogen-bond acceptors (Lipinski definition) is 8. The minimum atomic E-state index is -3.61. The van der Waals surface area contributed by atoms with Crippen LogP contribution in [0.3, 0.4) is 0 Å². The van der Waals surface area contributed by atoms with Gasteiger partial charge in [-0.15, -0.1) is 0 Å². The number of ether oxygens (including phenoxy) is 1. The number of oxazole rings is 1. The molecule has 0 unspecified atom stereocenters. The number of morpholine rings is 1. The van der Waals surface area contributed by atoms with Crippen LogP contribution in [-0.2, 0) is 14.8 Å². The van der Waals surface area contributed by atoms with E-state index in [4.69, 9.17) is 14.9 Å². The van der Waals surface area contributed by atoms with E-state index in [1.165, 1.54) is 4.31 Å². The summed E-state index contributed by atoms with van der Waals surface area (Å²) in [5.41, 5.74) is 9.20. The van der Waals surface area contributed by atoms with Gasteiger partial charge in [0, 0.05) is 37.1 Å². The van der Waals surface area contributed by atoms with E-state index in [0.717, 1.165) is 0 Å². The van der Waals surface area contributed by atoms with E-state index >= 15 is 0 Å². The molecule has 1 aliphatic heterocycles. The van der Waals surface area contributed by atoms with Gasteiger partial charge in [-0.3, -0.25) is 4.98 Å². The van der Waals surface area contributed by atoms with E-state index in [2.05, 4.69) is 15.0 Å². The highest BCUT2D eigenvalue weighted by atomic mass is 32.2. The number of sulfonamides is 1. The van der Waals surface area contributed by atoms with Gasteiger partial charge in [0.05, 0.1) is 29.9 Å². The first kappa shape index (κ1) is 19.6. The van der Waals surface area contributed by atoms with Crippen LogP contribution in [0.15, 0.2) is 64.3 Å². The zero-order valence-electron chi connectivity index (χ0n) is 16.4. The number of hydrogen-bond donors (Lipinski definition) is 1. The van der Waals surface area contributed by atoms with Gasteiger partial charge in [0.25, 0.3) is 0 Å². The van der Waals surface area contributed by atoms with E-state index in [1.807, 2.05) is 6.07 Å². The van der Waals surface area contributed by atoms with Crippen LogP contribution in [0.5, 0.6) is 0 Å². The first-order valence-corrected chi connectivity index (χ1v) is 11.1. The van der Waals surface area contributed by atoms with Crippen LogP contribution >= 0.6 is 0 Å². The molecule has 1 fully saturated rings. The van der Waals surface area contributed by atoms with Crippen molar-refractivity contribution < 1.29 is 17.6 Å². The Kier molecular flexibility index (Phi) is 4.89. The molecule has 4 aromatic rings. The van der Waals surface area contributed by atoms with Gasteiger partial charge < -0.3 is 14.9 Å². The second-order valence-corrected chi connectivity index (χ2v) is 9.00. The van der Waals surface area contributed by atoms with Crippen LogP contribution < -0.4 is 5.73 Å². The fourth-order valence-corrected chi connectivity index (χ4v) is 4.93. The first-order valence-electron chi connectivity index (χ1n) is 9.67. The molecular weight excluding hydrogens is 418 g/mol. The molecule has 0 spiro atoms. The molecule has 9 nitrogen and oxygen atoms in total. The highest BCUT2D eigenvalue weighted by molar-refractivity contribution is 7.89. The van der Waals surface area contributed by atoms with E-state index < -0.39 is 10.0 Å².